The summed E-state index contributed by atoms with van der Waals surface area (Å²) in [5, 5.41) is 12.8. The second kappa shape index (κ2) is 44.4. The summed E-state index contributed by atoms with van der Waals surface area (Å²) in [4.78, 5) is 27.3. The fourth-order valence-corrected chi connectivity index (χ4v) is 25.8. The third kappa shape index (κ3) is 23.4. The maximum absolute atomic E-state index is 4.90. The van der Waals surface area contributed by atoms with E-state index in [0.717, 1.165) is 67.5 Å². The summed E-state index contributed by atoms with van der Waals surface area (Å²) in [6.45, 7) is 21.8. The van der Waals surface area contributed by atoms with E-state index in [4.69, 9.17) is 15.0 Å². The van der Waals surface area contributed by atoms with E-state index in [0.29, 0.717) is 17.8 Å². The normalized spacial score (nSPS) is 13.8. The van der Waals surface area contributed by atoms with Gasteiger partial charge >= 0.3 is 0 Å². The molecule has 0 saturated heterocycles. The van der Waals surface area contributed by atoms with Gasteiger partial charge in [-0.15, -0.1) is 179 Å². The second-order valence-corrected chi connectivity index (χ2v) is 54.2. The Bertz CT molecular complexity index is 6090. The zero-order valence-corrected chi connectivity index (χ0v) is 86.1. The van der Waals surface area contributed by atoms with Crippen molar-refractivity contribution in [3.05, 3.63) is 345 Å². The van der Waals surface area contributed by atoms with Crippen molar-refractivity contribution in [1.82, 2.24) is 29.9 Å². The van der Waals surface area contributed by atoms with Crippen molar-refractivity contribution >= 4 is 134 Å². The van der Waals surface area contributed by atoms with Crippen molar-refractivity contribution < 1.29 is 60.3 Å². The van der Waals surface area contributed by atoms with Gasteiger partial charge in [-0.25, -0.2) is 0 Å². The molecule has 0 bridgehead atoms. The van der Waals surface area contributed by atoms with Crippen molar-refractivity contribution in [2.24, 2.45) is 0 Å². The van der Waals surface area contributed by atoms with Crippen LogP contribution in [0.1, 0.15) is 131 Å². The van der Waals surface area contributed by atoms with E-state index in [1.165, 1.54) is 184 Å². The van der Waals surface area contributed by atoms with Crippen LogP contribution < -0.4 is 15.6 Å². The third-order valence-electron chi connectivity index (χ3n) is 24.2. The van der Waals surface area contributed by atoms with Crippen LogP contribution in [0.25, 0.3) is 128 Å². The quantitative estimate of drug-likeness (QED) is 0.0896. The summed E-state index contributed by atoms with van der Waals surface area (Å²) in [6.07, 6.45) is 32.0. The topological polar surface area (TPSA) is 77.3 Å². The maximum Gasteiger partial charge on any atom is 0.0794 e. The Kier molecular flexibility index (Phi) is 33.4. The van der Waals surface area contributed by atoms with Crippen molar-refractivity contribution in [3.8, 4) is 67.5 Å². The average molecular weight is 2280 g/mol. The Labute approximate surface area is 802 Å². The molecule has 18 aromatic rings. The van der Waals surface area contributed by atoms with E-state index in [2.05, 4.69) is 256 Å². The third-order valence-corrected chi connectivity index (χ3v) is 34.1. The molecule has 9 aromatic heterocycles. The summed E-state index contributed by atoms with van der Waals surface area (Å²) in [5.41, 5.74) is 16.9. The molecule has 21 rings (SSSR count). The Balaban J connectivity index is 0.000000134. The molecule has 0 amide bonds. The Morgan fingerprint density at radius 3 is 0.992 bits per heavy atom. The maximum atomic E-state index is 4.90. The molecule has 0 atom stereocenters. The molecule has 0 unspecified atom stereocenters. The first-order chi connectivity index (χ1) is 59.9. The molecule has 126 heavy (non-hydrogen) atoms. The fraction of sp³-hybridized carbons (Fsp3) is 0.243. The second-order valence-electron chi connectivity index (χ2n) is 35.9. The van der Waals surface area contributed by atoms with Gasteiger partial charge < -0.3 is 29.9 Å². The predicted octanol–water partition coefficient (Wildman–Crippen LogP) is 30.2. The molecular formula is C111H108Ir3N6S3Si3-6. The number of fused-ring (bicyclic) bond motifs is 9. The number of hydrogen-bond donors (Lipinski definition) is 0. The molecule has 3 saturated carbocycles. The summed E-state index contributed by atoms with van der Waals surface area (Å²) in [6, 6.07) is 108. The minimum atomic E-state index is -1.40. The Morgan fingerprint density at radius 2 is 0.627 bits per heavy atom. The minimum absolute atomic E-state index is 0. The van der Waals surface area contributed by atoms with Crippen molar-refractivity contribution in [2.75, 3.05) is 0 Å². The first kappa shape index (κ1) is 94.7. The molecule has 3 radical (unpaired) electrons. The molecule has 6 nitrogen and oxygen atoms in total. The summed E-state index contributed by atoms with van der Waals surface area (Å²) >= 11 is 5.71. The molecule has 3 fully saturated rings. The number of rotatable bonds is 12. The first-order valence-corrected chi connectivity index (χ1v) is 57.0. The molecular weight excluding hydrogens is 2170 g/mol. The summed E-state index contributed by atoms with van der Waals surface area (Å²) in [7, 11) is -4.04. The van der Waals surface area contributed by atoms with Gasteiger partial charge in [-0.1, -0.05) is 259 Å². The van der Waals surface area contributed by atoms with Gasteiger partial charge in [-0.2, -0.15) is 34.0 Å². The first-order valence-electron chi connectivity index (χ1n) is 44.1. The minimum Gasteiger partial charge on any atom is -0.305 e. The summed E-state index contributed by atoms with van der Waals surface area (Å²) < 4.78 is 8.16. The van der Waals surface area contributed by atoms with E-state index >= 15 is 0 Å². The number of benzene rings is 9. The van der Waals surface area contributed by atoms with Crippen LogP contribution in [0.2, 0.25) is 58.9 Å². The zero-order chi connectivity index (χ0) is 84.7. The fourth-order valence-electron chi connectivity index (χ4n) is 17.3. The number of thiophene rings is 3. The summed E-state index contributed by atoms with van der Waals surface area (Å²) in [5.74, 6) is 2.11. The van der Waals surface area contributed by atoms with Crippen LogP contribution in [0.4, 0.5) is 0 Å². The zero-order valence-electron chi connectivity index (χ0n) is 73.5. The van der Waals surface area contributed by atoms with Gasteiger partial charge in [0.15, 0.2) is 0 Å². The average Bonchev–Trinajstić information content (AvgIpc) is 1.61. The number of hydrogen-bond acceptors (Lipinski definition) is 9. The van der Waals surface area contributed by atoms with Crippen LogP contribution in [0.5, 0.6) is 0 Å². The van der Waals surface area contributed by atoms with Crippen LogP contribution in [0, 0.1) is 36.4 Å². The van der Waals surface area contributed by atoms with Crippen molar-refractivity contribution in [3.63, 3.8) is 0 Å². The molecule has 645 valence electrons. The van der Waals surface area contributed by atoms with Gasteiger partial charge in [0.05, 0.1) is 24.2 Å². The smallest absolute Gasteiger partial charge is 0.0794 e. The van der Waals surface area contributed by atoms with Crippen LogP contribution in [-0.4, -0.2) is 54.1 Å². The van der Waals surface area contributed by atoms with Crippen LogP contribution in [0.15, 0.2) is 292 Å². The number of pyridine rings is 6. The number of nitrogens with zero attached hydrogens (tertiary/aromatic N) is 6. The van der Waals surface area contributed by atoms with E-state index < -0.39 is 24.2 Å². The van der Waals surface area contributed by atoms with Crippen LogP contribution >= 0.6 is 34.0 Å². The van der Waals surface area contributed by atoms with Crippen molar-refractivity contribution in [1.29, 1.82) is 0 Å². The van der Waals surface area contributed by atoms with Gasteiger partial charge in [-0.05, 0) is 173 Å². The van der Waals surface area contributed by atoms with Crippen LogP contribution in [0.3, 0.4) is 0 Å². The molecule has 0 spiro atoms. The number of aromatic nitrogens is 6. The van der Waals surface area contributed by atoms with E-state index in [1.807, 2.05) is 161 Å². The van der Waals surface area contributed by atoms with Gasteiger partial charge in [0.25, 0.3) is 0 Å². The SMILES string of the molecule is C[Si](C)(C)c1ccc2c(c1)sc1c(-c3ccc(C4CCCCC4)cn3)[c-]ccc12.C[Si](C)(C)c1ccc2sc3c(-c4ccc(C5CCCCC5)cn4)[c-]ccc3c2c1.C[Si](C)(C)c1cccc2c1sc1c(-c3ccc(C4CCCCC4)cn3)[c-]ccc12.[Ir].[Ir].[Ir].[c-]1ccccc1-c1ccccn1.[c-]1ccccc1-c1ccccn1.[c-]1ccccc1-c1ccccn1. The Morgan fingerprint density at radius 1 is 0.262 bits per heavy atom. The predicted molar refractivity (Wildman–Crippen MR) is 536 cm³/mol. The van der Waals surface area contributed by atoms with E-state index in [9.17, 15) is 0 Å². The molecule has 9 heterocycles. The largest absolute Gasteiger partial charge is 0.305 e. The molecule has 15 heteroatoms. The van der Waals surface area contributed by atoms with Gasteiger partial charge in [-0.3, -0.25) is 0 Å². The molecule has 3 aliphatic rings. The van der Waals surface area contributed by atoms with E-state index in [-0.39, 0.29) is 60.3 Å². The Hall–Kier alpha value is -8.86. The molecule has 9 aromatic carbocycles. The van der Waals surface area contributed by atoms with Gasteiger partial charge in [0, 0.05) is 112 Å². The molecule has 3 aliphatic carbocycles. The molecule has 0 aliphatic heterocycles. The van der Waals surface area contributed by atoms with E-state index in [1.54, 1.807) is 23.8 Å². The van der Waals surface area contributed by atoms with Crippen LogP contribution in [-0.2, 0) is 60.3 Å². The van der Waals surface area contributed by atoms with Gasteiger partial charge in [0.1, 0.15) is 0 Å². The monoisotopic (exact) mass is 2280 g/mol. The van der Waals surface area contributed by atoms with Gasteiger partial charge in [0.2, 0.25) is 0 Å². The molecule has 0 N–H and O–H groups in total. The van der Waals surface area contributed by atoms with Crippen molar-refractivity contribution in [2.45, 2.75) is 173 Å². The standard InChI is InChI=1S/3C26H28NSSi.3C11H8N.3Ir/c1-29(2,3)24-14-8-12-21-20-11-7-13-22(25(20)28-26(21)24)23-16-15-19(17-27-23)18-9-5-4-6-10-18;1-29(2,3)20-13-14-21-22-10-7-11-23(26(22)28-25(21)16-20)24-15-12-19(17-27-24)18-8-5-4-6-9-18;1-29(2,3)20-13-15-25-23(16-20)21-10-7-11-22(26(21)28-25)24-14-12-19(17-27-24)18-8-5-4-6-9-18;3*1-2-6-10(7-3-1)11-8-4-5-9-12-11;;;/h7-8,11-12,14-18H,4-6,9-10H2,1-3H3;2*7,10,12-18H,4-6,8-9H2,1-3H3;3*1-6,8-9H;;;/q6*-1;;;.